The van der Waals surface area contributed by atoms with Gasteiger partial charge in [-0.05, 0) is 18.9 Å². The number of fused-ring (bicyclic) bond motifs is 1. The van der Waals surface area contributed by atoms with Crippen LogP contribution < -0.4 is 10.6 Å². The third-order valence-electron chi connectivity index (χ3n) is 4.61. The Morgan fingerprint density at radius 1 is 1.22 bits per heavy atom. The number of carbonyl (C=O) groups is 1. The Labute approximate surface area is 135 Å². The summed E-state index contributed by atoms with van der Waals surface area (Å²) in [5, 5.41) is 18.6. The van der Waals surface area contributed by atoms with E-state index in [1.165, 1.54) is 11.3 Å². The highest BCUT2D eigenvalue weighted by Gasteiger charge is 2.33. The minimum atomic E-state index is -1.62. The van der Waals surface area contributed by atoms with E-state index in [-0.39, 0.29) is 6.54 Å². The summed E-state index contributed by atoms with van der Waals surface area (Å²) < 4.78 is 0. The quantitative estimate of drug-likeness (QED) is 0.724. The van der Waals surface area contributed by atoms with Crippen LogP contribution in [0.15, 0.2) is 29.3 Å². The average Bonchev–Trinajstić information content (AvgIpc) is 2.66. The first-order valence-corrected chi connectivity index (χ1v) is 8.18. The van der Waals surface area contributed by atoms with Gasteiger partial charge in [-0.2, -0.15) is 0 Å². The first-order valence-electron chi connectivity index (χ1n) is 8.18. The molecule has 0 bridgehead atoms. The Kier molecular flexibility index (Phi) is 4.75. The van der Waals surface area contributed by atoms with Crippen LogP contribution in [0.3, 0.4) is 0 Å². The number of para-hydroxylation sites is 1. The number of hydrogen-bond donors (Lipinski definition) is 3. The fourth-order valence-corrected chi connectivity index (χ4v) is 3.53. The van der Waals surface area contributed by atoms with Gasteiger partial charge >= 0.3 is 0 Å². The summed E-state index contributed by atoms with van der Waals surface area (Å²) in [6, 6.07) is 7.49. The van der Waals surface area contributed by atoms with E-state index in [2.05, 4.69) is 4.99 Å². The van der Waals surface area contributed by atoms with Crippen LogP contribution in [0.5, 0.6) is 0 Å². The van der Waals surface area contributed by atoms with Crippen molar-refractivity contribution in [2.45, 2.75) is 44.6 Å². The molecule has 0 spiro atoms. The molecule has 1 saturated carbocycles. The zero-order chi connectivity index (χ0) is 16.4. The molecule has 1 fully saturated rings. The Morgan fingerprint density at radius 3 is 2.61 bits per heavy atom. The molecule has 1 atom stereocenters. The molecule has 0 radical (unpaired) electrons. The molecular formula is C17H23N3O3. The molecule has 1 aliphatic heterocycles. The second-order valence-electron chi connectivity index (χ2n) is 6.24. The van der Waals surface area contributed by atoms with Gasteiger partial charge in [-0.25, -0.2) is 0 Å². The Hall–Kier alpha value is -1.76. The van der Waals surface area contributed by atoms with Gasteiger partial charge in [0, 0.05) is 17.2 Å². The van der Waals surface area contributed by atoms with Crippen LogP contribution in [0, 0.1) is 5.92 Å². The highest BCUT2D eigenvalue weighted by molar-refractivity contribution is 6.13. The topological polar surface area (TPSA) is 99.2 Å². The molecule has 6 heteroatoms. The van der Waals surface area contributed by atoms with Crippen LogP contribution >= 0.6 is 0 Å². The largest absolute Gasteiger partial charge is 0.367 e. The second kappa shape index (κ2) is 6.78. The van der Waals surface area contributed by atoms with Crippen molar-refractivity contribution in [1.29, 1.82) is 0 Å². The van der Waals surface area contributed by atoms with E-state index in [1.54, 1.807) is 0 Å². The molecule has 6 nitrogen and oxygen atoms in total. The van der Waals surface area contributed by atoms with Crippen molar-refractivity contribution in [3.05, 3.63) is 29.8 Å². The highest BCUT2D eigenvalue weighted by atomic mass is 16.5. The molecule has 1 aromatic rings. The minimum Gasteiger partial charge on any atom is -0.367 e. The third-order valence-corrected chi connectivity index (χ3v) is 4.61. The van der Waals surface area contributed by atoms with Crippen LogP contribution in [-0.4, -0.2) is 40.8 Å². The van der Waals surface area contributed by atoms with Crippen molar-refractivity contribution in [2.24, 2.45) is 16.6 Å². The van der Waals surface area contributed by atoms with Crippen molar-refractivity contribution < 1.29 is 15.0 Å². The standard InChI is InChI=1S/C17H23N3O3/c18-16-17(23)20(10-14(21)22)13-9-5-4-8-12(13)15(19-16)11-6-2-1-3-7-11/h4-5,8-9,11,14,16,21-22H,1-3,6-7,10,18H2. The molecule has 0 aromatic heterocycles. The summed E-state index contributed by atoms with van der Waals surface area (Å²) in [5.74, 6) is -0.0980. The molecule has 1 aromatic carbocycles. The van der Waals surface area contributed by atoms with Crippen LogP contribution in [-0.2, 0) is 4.79 Å². The van der Waals surface area contributed by atoms with Gasteiger partial charge in [-0.15, -0.1) is 0 Å². The second-order valence-corrected chi connectivity index (χ2v) is 6.24. The third kappa shape index (κ3) is 3.29. The van der Waals surface area contributed by atoms with Crippen molar-refractivity contribution in [3.63, 3.8) is 0 Å². The minimum absolute atomic E-state index is 0.211. The monoisotopic (exact) mass is 317 g/mol. The highest BCUT2D eigenvalue weighted by Crippen LogP contribution is 2.33. The van der Waals surface area contributed by atoms with Gasteiger partial charge in [0.05, 0.1) is 12.2 Å². The summed E-state index contributed by atoms with van der Waals surface area (Å²) in [4.78, 5) is 18.4. The number of amides is 1. The van der Waals surface area contributed by atoms with E-state index >= 15 is 0 Å². The van der Waals surface area contributed by atoms with Crippen LogP contribution in [0.25, 0.3) is 0 Å². The van der Waals surface area contributed by atoms with Crippen LogP contribution in [0.4, 0.5) is 5.69 Å². The van der Waals surface area contributed by atoms with Gasteiger partial charge in [0.25, 0.3) is 5.91 Å². The lowest BCUT2D eigenvalue weighted by Gasteiger charge is -2.26. The van der Waals surface area contributed by atoms with Gasteiger partial charge < -0.3 is 20.8 Å². The fraction of sp³-hybridized carbons (Fsp3) is 0.529. The van der Waals surface area contributed by atoms with Crippen molar-refractivity contribution in [2.75, 3.05) is 11.4 Å². The van der Waals surface area contributed by atoms with Gasteiger partial charge in [0.15, 0.2) is 12.5 Å². The SMILES string of the molecule is NC1N=C(C2CCCCC2)c2ccccc2N(CC(O)O)C1=O. The molecule has 2 aliphatic rings. The number of β-amino-alcohol motifs (C(OH)–C–C–N with tert-alkyl or cyclic N) is 2. The van der Waals surface area contributed by atoms with E-state index in [1.807, 2.05) is 24.3 Å². The average molecular weight is 317 g/mol. The predicted molar refractivity (Wildman–Crippen MR) is 88.1 cm³/mol. The number of anilines is 1. The number of carbonyl (C=O) groups excluding carboxylic acids is 1. The molecule has 1 aliphatic carbocycles. The van der Waals surface area contributed by atoms with E-state index < -0.39 is 18.4 Å². The zero-order valence-electron chi connectivity index (χ0n) is 13.1. The van der Waals surface area contributed by atoms with Crippen molar-refractivity contribution in [1.82, 2.24) is 0 Å². The predicted octanol–water partition coefficient (Wildman–Crippen LogP) is 0.998. The number of nitrogens with zero attached hydrogens (tertiary/aromatic N) is 2. The summed E-state index contributed by atoms with van der Waals surface area (Å²) in [6.45, 7) is -0.211. The maximum atomic E-state index is 12.5. The number of benzodiazepines with no additional fused rings is 1. The zero-order valence-corrected chi connectivity index (χ0v) is 13.1. The molecule has 4 N–H and O–H groups in total. The lowest BCUT2D eigenvalue weighted by atomic mass is 9.83. The molecule has 1 amide bonds. The number of nitrogens with two attached hydrogens (primary N) is 1. The van der Waals surface area contributed by atoms with Gasteiger partial charge in [-0.3, -0.25) is 9.79 Å². The first kappa shape index (κ1) is 16.1. The normalized spacial score (nSPS) is 22.8. The first-order chi connectivity index (χ1) is 11.1. The van der Waals surface area contributed by atoms with Gasteiger partial charge in [-0.1, -0.05) is 37.5 Å². The van der Waals surface area contributed by atoms with Crippen molar-refractivity contribution in [3.8, 4) is 0 Å². The van der Waals surface area contributed by atoms with Gasteiger partial charge in [0.2, 0.25) is 0 Å². The number of aliphatic hydroxyl groups excluding tert-OH is 1. The Bertz CT molecular complexity index is 609. The summed E-state index contributed by atoms with van der Waals surface area (Å²) in [5.41, 5.74) is 8.40. The van der Waals surface area contributed by atoms with Gasteiger partial charge in [0.1, 0.15) is 0 Å². The van der Waals surface area contributed by atoms with Crippen LogP contribution in [0.2, 0.25) is 0 Å². The fourth-order valence-electron chi connectivity index (χ4n) is 3.53. The molecular weight excluding hydrogens is 294 g/mol. The Balaban J connectivity index is 2.05. The molecule has 1 heterocycles. The Morgan fingerprint density at radius 2 is 1.91 bits per heavy atom. The summed E-state index contributed by atoms with van der Waals surface area (Å²) in [7, 11) is 0. The number of hydrogen-bond acceptors (Lipinski definition) is 5. The summed E-state index contributed by atoms with van der Waals surface area (Å²) >= 11 is 0. The van der Waals surface area contributed by atoms with Crippen LogP contribution in [0.1, 0.15) is 37.7 Å². The van der Waals surface area contributed by atoms with E-state index in [9.17, 15) is 15.0 Å². The molecule has 23 heavy (non-hydrogen) atoms. The number of rotatable bonds is 3. The maximum absolute atomic E-state index is 12.5. The maximum Gasteiger partial charge on any atom is 0.266 e. The number of aliphatic hydroxyl groups is 2. The molecule has 124 valence electrons. The van der Waals surface area contributed by atoms with E-state index in [4.69, 9.17) is 5.73 Å². The van der Waals surface area contributed by atoms with E-state index in [0.29, 0.717) is 11.6 Å². The molecule has 0 saturated heterocycles. The number of benzene rings is 1. The lowest BCUT2D eigenvalue weighted by molar-refractivity contribution is -0.121. The van der Waals surface area contributed by atoms with Crippen molar-refractivity contribution >= 4 is 17.3 Å². The van der Waals surface area contributed by atoms with E-state index in [0.717, 1.165) is 37.0 Å². The molecule has 3 rings (SSSR count). The molecule has 1 unspecified atom stereocenters. The number of aliphatic imine (C=N–C) groups is 1. The smallest absolute Gasteiger partial charge is 0.266 e. The lowest BCUT2D eigenvalue weighted by Crippen LogP contribution is -2.45. The summed E-state index contributed by atoms with van der Waals surface area (Å²) in [6.07, 6.45) is 3.04.